The van der Waals surface area contributed by atoms with Gasteiger partial charge in [0.05, 0.1) is 12.8 Å². The molecule has 0 aliphatic rings. The van der Waals surface area contributed by atoms with Crippen molar-refractivity contribution in [2.24, 2.45) is 0 Å². The van der Waals surface area contributed by atoms with Crippen molar-refractivity contribution in [3.8, 4) is 11.5 Å². The maximum Gasteiger partial charge on any atom is 0.125 e. The summed E-state index contributed by atoms with van der Waals surface area (Å²) in [5.74, 6) is 1.29. The van der Waals surface area contributed by atoms with Gasteiger partial charge in [0.15, 0.2) is 0 Å². The summed E-state index contributed by atoms with van der Waals surface area (Å²) in [6.07, 6.45) is 0. The van der Waals surface area contributed by atoms with Crippen molar-refractivity contribution in [3.05, 3.63) is 52.8 Å². The Bertz CT molecular complexity index is 560. The molecule has 1 N–H and O–H groups in total. The SMILES string of the molecule is COc1ccc(OCCNc2cc(F)ccc2Br)cc1. The van der Waals surface area contributed by atoms with Crippen molar-refractivity contribution in [1.29, 1.82) is 0 Å². The maximum atomic E-state index is 13.1. The van der Waals surface area contributed by atoms with Crippen LogP contribution in [-0.4, -0.2) is 20.3 Å². The minimum absolute atomic E-state index is 0.272. The van der Waals surface area contributed by atoms with Gasteiger partial charge in [0.1, 0.15) is 23.9 Å². The summed E-state index contributed by atoms with van der Waals surface area (Å²) in [4.78, 5) is 0. The predicted molar refractivity (Wildman–Crippen MR) is 81.1 cm³/mol. The van der Waals surface area contributed by atoms with Gasteiger partial charge in [0, 0.05) is 11.0 Å². The van der Waals surface area contributed by atoms with Crippen LogP contribution in [0.5, 0.6) is 11.5 Å². The highest BCUT2D eigenvalue weighted by Crippen LogP contribution is 2.22. The number of rotatable bonds is 6. The van der Waals surface area contributed by atoms with Crippen molar-refractivity contribution < 1.29 is 13.9 Å². The molecule has 0 spiro atoms. The van der Waals surface area contributed by atoms with Crippen LogP contribution in [0.4, 0.5) is 10.1 Å². The lowest BCUT2D eigenvalue weighted by Crippen LogP contribution is -2.11. The summed E-state index contributed by atoms with van der Waals surface area (Å²) >= 11 is 3.36. The number of ether oxygens (including phenoxy) is 2. The Labute approximate surface area is 125 Å². The minimum Gasteiger partial charge on any atom is -0.497 e. The zero-order chi connectivity index (χ0) is 14.4. The van der Waals surface area contributed by atoms with Gasteiger partial charge in [-0.2, -0.15) is 0 Å². The molecule has 0 aromatic heterocycles. The molecule has 106 valence electrons. The second kappa shape index (κ2) is 7.14. The molecular formula is C15H15BrFNO2. The molecule has 3 nitrogen and oxygen atoms in total. The van der Waals surface area contributed by atoms with Gasteiger partial charge in [-0.25, -0.2) is 4.39 Å². The minimum atomic E-state index is -0.272. The quantitative estimate of drug-likeness (QED) is 0.804. The second-order valence-electron chi connectivity index (χ2n) is 4.07. The number of halogens is 2. The molecule has 0 unspecified atom stereocenters. The summed E-state index contributed by atoms with van der Waals surface area (Å²) in [6.45, 7) is 1.06. The van der Waals surface area contributed by atoms with E-state index in [1.54, 1.807) is 13.2 Å². The third-order valence-corrected chi connectivity index (χ3v) is 3.37. The number of hydrogen-bond donors (Lipinski definition) is 1. The van der Waals surface area contributed by atoms with Gasteiger partial charge in [0.2, 0.25) is 0 Å². The highest BCUT2D eigenvalue weighted by molar-refractivity contribution is 9.10. The normalized spacial score (nSPS) is 10.2. The fourth-order valence-corrected chi connectivity index (χ4v) is 2.05. The van der Waals surface area contributed by atoms with Crippen molar-refractivity contribution in [3.63, 3.8) is 0 Å². The fourth-order valence-electron chi connectivity index (χ4n) is 1.66. The standard InChI is InChI=1S/C15H15BrFNO2/c1-19-12-3-5-13(6-4-12)20-9-8-18-15-10-11(17)2-7-14(15)16/h2-7,10,18H,8-9H2,1H3. The molecule has 0 saturated heterocycles. The van der Waals surface area contributed by atoms with Gasteiger partial charge in [-0.05, 0) is 58.4 Å². The number of anilines is 1. The summed E-state index contributed by atoms with van der Waals surface area (Å²) in [5, 5.41) is 3.11. The molecule has 20 heavy (non-hydrogen) atoms. The molecule has 0 aliphatic heterocycles. The van der Waals surface area contributed by atoms with Crippen LogP contribution in [-0.2, 0) is 0 Å². The van der Waals surface area contributed by atoms with Crippen LogP contribution in [0, 0.1) is 5.82 Å². The summed E-state index contributed by atoms with van der Waals surface area (Å²) in [7, 11) is 1.62. The zero-order valence-electron chi connectivity index (χ0n) is 11.0. The molecule has 0 radical (unpaired) electrons. The molecule has 5 heteroatoms. The average Bonchev–Trinajstić information content (AvgIpc) is 2.47. The van der Waals surface area contributed by atoms with E-state index in [1.807, 2.05) is 24.3 Å². The average molecular weight is 340 g/mol. The largest absolute Gasteiger partial charge is 0.497 e. The lowest BCUT2D eigenvalue weighted by molar-refractivity contribution is 0.331. The first-order valence-corrected chi connectivity index (χ1v) is 6.94. The molecule has 0 heterocycles. The summed E-state index contributed by atoms with van der Waals surface area (Å²) in [5.41, 5.74) is 0.711. The third kappa shape index (κ3) is 4.13. The number of nitrogens with one attached hydrogen (secondary N) is 1. The van der Waals surface area contributed by atoms with Crippen molar-refractivity contribution in [1.82, 2.24) is 0 Å². The Morgan fingerprint density at radius 1 is 1.10 bits per heavy atom. The third-order valence-electron chi connectivity index (χ3n) is 2.67. The van der Waals surface area contributed by atoms with Crippen LogP contribution in [0.2, 0.25) is 0 Å². The van der Waals surface area contributed by atoms with E-state index in [0.717, 1.165) is 16.0 Å². The van der Waals surface area contributed by atoms with Gasteiger partial charge < -0.3 is 14.8 Å². The smallest absolute Gasteiger partial charge is 0.125 e. The van der Waals surface area contributed by atoms with E-state index >= 15 is 0 Å². The molecule has 0 saturated carbocycles. The zero-order valence-corrected chi connectivity index (χ0v) is 12.6. The maximum absolute atomic E-state index is 13.1. The van der Waals surface area contributed by atoms with E-state index in [0.29, 0.717) is 18.8 Å². The van der Waals surface area contributed by atoms with E-state index in [2.05, 4.69) is 21.2 Å². The van der Waals surface area contributed by atoms with Gasteiger partial charge in [-0.15, -0.1) is 0 Å². The molecule has 2 aromatic rings. The molecule has 0 atom stereocenters. The summed E-state index contributed by atoms with van der Waals surface area (Å²) in [6, 6.07) is 11.9. The van der Waals surface area contributed by atoms with Gasteiger partial charge in [0.25, 0.3) is 0 Å². The Morgan fingerprint density at radius 3 is 2.50 bits per heavy atom. The van der Waals surface area contributed by atoms with E-state index in [-0.39, 0.29) is 5.82 Å². The van der Waals surface area contributed by atoms with Crippen molar-refractivity contribution >= 4 is 21.6 Å². The Balaban J connectivity index is 1.79. The Morgan fingerprint density at radius 2 is 1.80 bits per heavy atom. The lowest BCUT2D eigenvalue weighted by Gasteiger charge is -2.10. The van der Waals surface area contributed by atoms with Gasteiger partial charge >= 0.3 is 0 Å². The first-order chi connectivity index (χ1) is 9.69. The number of hydrogen-bond acceptors (Lipinski definition) is 3. The predicted octanol–water partition coefficient (Wildman–Crippen LogP) is 4.09. The molecule has 0 bridgehead atoms. The topological polar surface area (TPSA) is 30.5 Å². The molecule has 0 aliphatic carbocycles. The van der Waals surface area contributed by atoms with E-state index in [9.17, 15) is 4.39 Å². The first-order valence-electron chi connectivity index (χ1n) is 6.15. The van der Waals surface area contributed by atoms with Crippen LogP contribution < -0.4 is 14.8 Å². The highest BCUT2D eigenvalue weighted by atomic mass is 79.9. The Hall–Kier alpha value is -1.75. The second-order valence-corrected chi connectivity index (χ2v) is 4.93. The van der Waals surface area contributed by atoms with Crippen LogP contribution in [0.15, 0.2) is 46.9 Å². The summed E-state index contributed by atoms with van der Waals surface area (Å²) < 4.78 is 24.5. The Kier molecular flexibility index (Phi) is 5.24. The van der Waals surface area contributed by atoms with Gasteiger partial charge in [-0.1, -0.05) is 0 Å². The van der Waals surface area contributed by atoms with Crippen LogP contribution in [0.1, 0.15) is 0 Å². The van der Waals surface area contributed by atoms with E-state index < -0.39 is 0 Å². The van der Waals surface area contributed by atoms with Crippen LogP contribution in [0.25, 0.3) is 0 Å². The van der Waals surface area contributed by atoms with Crippen molar-refractivity contribution in [2.75, 3.05) is 25.6 Å². The molecule has 0 amide bonds. The molecule has 0 fully saturated rings. The van der Waals surface area contributed by atoms with Crippen molar-refractivity contribution in [2.45, 2.75) is 0 Å². The van der Waals surface area contributed by atoms with Crippen LogP contribution in [0.3, 0.4) is 0 Å². The highest BCUT2D eigenvalue weighted by Gasteiger charge is 2.01. The van der Waals surface area contributed by atoms with Crippen LogP contribution >= 0.6 is 15.9 Å². The fraction of sp³-hybridized carbons (Fsp3) is 0.200. The van der Waals surface area contributed by atoms with Gasteiger partial charge in [-0.3, -0.25) is 0 Å². The molecular weight excluding hydrogens is 325 g/mol. The molecule has 2 rings (SSSR count). The number of methoxy groups -OCH3 is 1. The van der Waals surface area contributed by atoms with E-state index in [4.69, 9.17) is 9.47 Å². The number of benzene rings is 2. The lowest BCUT2D eigenvalue weighted by atomic mass is 10.3. The van der Waals surface area contributed by atoms with E-state index in [1.165, 1.54) is 12.1 Å². The monoisotopic (exact) mass is 339 g/mol. The molecule has 2 aromatic carbocycles. The first kappa shape index (κ1) is 14.7.